The number of fused-ring (bicyclic) bond motifs is 1. The van der Waals surface area contributed by atoms with Gasteiger partial charge in [-0.2, -0.15) is 0 Å². The molecule has 0 spiro atoms. The Hall–Kier alpha value is -2.44. The summed E-state index contributed by atoms with van der Waals surface area (Å²) in [6.45, 7) is 5.55. The van der Waals surface area contributed by atoms with Gasteiger partial charge in [-0.1, -0.05) is 43.1 Å². The van der Waals surface area contributed by atoms with Crippen LogP contribution in [0.5, 0.6) is 0 Å². The van der Waals surface area contributed by atoms with Crippen molar-refractivity contribution in [1.29, 1.82) is 0 Å². The average Bonchev–Trinajstić information content (AvgIpc) is 2.74. The van der Waals surface area contributed by atoms with Gasteiger partial charge in [-0.25, -0.2) is 9.97 Å². The van der Waals surface area contributed by atoms with Gasteiger partial charge in [0.2, 0.25) is 5.91 Å². The molecule has 150 valence electrons. The van der Waals surface area contributed by atoms with Crippen LogP contribution in [0.15, 0.2) is 42.0 Å². The van der Waals surface area contributed by atoms with Crippen LogP contribution < -0.4 is 10.2 Å². The highest BCUT2D eigenvalue weighted by Gasteiger charge is 2.43. The summed E-state index contributed by atoms with van der Waals surface area (Å²) in [4.78, 5) is 36.1. The van der Waals surface area contributed by atoms with Gasteiger partial charge in [-0.15, -0.1) is 0 Å². The molecule has 0 fully saturated rings. The van der Waals surface area contributed by atoms with E-state index in [1.54, 1.807) is 24.4 Å². The summed E-state index contributed by atoms with van der Waals surface area (Å²) in [6, 6.07) is 4.37. The zero-order valence-corrected chi connectivity index (χ0v) is 17.8. The largest absolute Gasteiger partial charge is 0.354 e. The summed E-state index contributed by atoms with van der Waals surface area (Å²) in [6.07, 6.45) is 4.02. The van der Waals surface area contributed by atoms with E-state index in [9.17, 15) is 9.59 Å². The van der Waals surface area contributed by atoms with Gasteiger partial charge in [0, 0.05) is 34.7 Å². The molecular weight excluding hydrogens is 411 g/mol. The Bertz CT molecular complexity index is 1060. The molecule has 8 heteroatoms. The summed E-state index contributed by atoms with van der Waals surface area (Å²) in [7, 11) is 0. The minimum Gasteiger partial charge on any atom is -0.354 e. The number of nitrogens with one attached hydrogen (secondary N) is 1. The minimum atomic E-state index is -0.709. The van der Waals surface area contributed by atoms with Crippen LogP contribution in [0.2, 0.25) is 10.0 Å². The molecule has 2 heterocycles. The van der Waals surface area contributed by atoms with Crippen LogP contribution in [0.25, 0.3) is 0 Å². The number of aromatic nitrogens is 2. The molecule has 1 atom stereocenters. The van der Waals surface area contributed by atoms with E-state index in [1.165, 1.54) is 18.2 Å². The fourth-order valence-corrected chi connectivity index (χ4v) is 4.64. The second-order valence-corrected chi connectivity index (χ2v) is 9.02. The number of ketones is 1. The monoisotopic (exact) mass is 430 g/mol. The van der Waals surface area contributed by atoms with E-state index < -0.39 is 6.04 Å². The quantitative estimate of drug-likeness (QED) is 0.692. The maximum Gasteiger partial charge on any atom is 0.225 e. The Morgan fingerprint density at radius 2 is 2.03 bits per heavy atom. The van der Waals surface area contributed by atoms with Gasteiger partial charge in [0.1, 0.15) is 12.0 Å². The lowest BCUT2D eigenvalue weighted by molar-refractivity contribution is -0.118. The molecule has 0 saturated heterocycles. The Balaban J connectivity index is 2.04. The smallest absolute Gasteiger partial charge is 0.225 e. The summed E-state index contributed by atoms with van der Waals surface area (Å²) >= 11 is 12.6. The number of hydrogen-bond acceptors (Lipinski definition) is 5. The lowest BCUT2D eigenvalue weighted by atomic mass is 9.73. The van der Waals surface area contributed by atoms with Crippen molar-refractivity contribution in [2.75, 3.05) is 10.2 Å². The maximum absolute atomic E-state index is 13.3. The molecule has 1 aliphatic carbocycles. The van der Waals surface area contributed by atoms with Crippen LogP contribution in [-0.4, -0.2) is 21.7 Å². The average molecular weight is 431 g/mol. The number of hydrogen-bond donors (Lipinski definition) is 1. The van der Waals surface area contributed by atoms with Gasteiger partial charge < -0.3 is 5.32 Å². The second kappa shape index (κ2) is 7.11. The predicted octanol–water partition coefficient (Wildman–Crippen LogP) is 4.95. The van der Waals surface area contributed by atoms with Gasteiger partial charge in [0.15, 0.2) is 11.6 Å². The molecule has 0 radical (unpaired) electrons. The van der Waals surface area contributed by atoms with Crippen molar-refractivity contribution in [2.24, 2.45) is 5.41 Å². The zero-order valence-electron chi connectivity index (χ0n) is 16.3. The molecule has 1 aromatic heterocycles. The topological polar surface area (TPSA) is 75.2 Å². The third-order valence-corrected chi connectivity index (χ3v) is 5.82. The van der Waals surface area contributed by atoms with Crippen LogP contribution in [0, 0.1) is 5.41 Å². The number of halogens is 2. The minimum absolute atomic E-state index is 0.0215. The van der Waals surface area contributed by atoms with Crippen LogP contribution >= 0.6 is 23.2 Å². The summed E-state index contributed by atoms with van der Waals surface area (Å²) in [5, 5.41) is 4.20. The molecule has 1 aromatic carbocycles. The normalized spacial score (nSPS) is 20.5. The Labute approximate surface area is 178 Å². The number of Topliss-reactive ketones (excluding diaryl/α,β-unsaturated/α-hetero) is 1. The first-order valence-corrected chi connectivity index (χ1v) is 10.0. The van der Waals surface area contributed by atoms with Gasteiger partial charge in [0.05, 0.1) is 12.2 Å². The van der Waals surface area contributed by atoms with Crippen molar-refractivity contribution in [3.8, 4) is 0 Å². The molecule has 1 unspecified atom stereocenters. The van der Waals surface area contributed by atoms with Crippen molar-refractivity contribution in [3.05, 3.63) is 57.6 Å². The lowest BCUT2D eigenvalue weighted by Gasteiger charge is -2.36. The third-order valence-electron chi connectivity index (χ3n) is 5.25. The maximum atomic E-state index is 13.3. The number of carbonyl (C=O) groups is 2. The Morgan fingerprint density at radius 3 is 2.72 bits per heavy atom. The molecule has 1 N–H and O–H groups in total. The fourth-order valence-electron chi connectivity index (χ4n) is 4.13. The second-order valence-electron chi connectivity index (χ2n) is 8.18. The van der Waals surface area contributed by atoms with Gasteiger partial charge in [0.25, 0.3) is 0 Å². The van der Waals surface area contributed by atoms with Crippen molar-refractivity contribution in [2.45, 2.75) is 39.7 Å². The standard InChI is InChI=1S/C21H20Cl2N4O2/c1-11(28)27-19(13-5-4-12(22)6-14(13)23)18-15(7-21(2,3)8-17(18)29)26-16-9-24-10-25-20(16)27/h4-6,9-10,19,26H,7-8H2,1-3H3. The highest BCUT2D eigenvalue weighted by atomic mass is 35.5. The van der Waals surface area contributed by atoms with E-state index in [2.05, 4.69) is 29.1 Å². The van der Waals surface area contributed by atoms with Crippen molar-refractivity contribution < 1.29 is 9.59 Å². The highest BCUT2D eigenvalue weighted by molar-refractivity contribution is 6.35. The first-order chi connectivity index (χ1) is 13.7. The molecule has 4 rings (SSSR count). The van der Waals surface area contributed by atoms with Gasteiger partial charge in [-0.05, 0) is 29.5 Å². The Kier molecular flexibility index (Phi) is 4.87. The fraction of sp³-hybridized carbons (Fsp3) is 0.333. The molecule has 1 amide bonds. The van der Waals surface area contributed by atoms with Crippen molar-refractivity contribution in [1.82, 2.24) is 9.97 Å². The van der Waals surface area contributed by atoms with E-state index in [-0.39, 0.29) is 17.1 Å². The van der Waals surface area contributed by atoms with E-state index >= 15 is 0 Å². The number of benzene rings is 1. The number of carbonyl (C=O) groups excluding carboxylic acids is 2. The number of amides is 1. The first-order valence-electron chi connectivity index (χ1n) is 9.26. The van der Waals surface area contributed by atoms with Crippen molar-refractivity contribution >= 4 is 46.4 Å². The number of allylic oxidation sites excluding steroid dienone is 1. The van der Waals surface area contributed by atoms with Gasteiger partial charge >= 0.3 is 0 Å². The van der Waals surface area contributed by atoms with Crippen LogP contribution in [0.4, 0.5) is 11.5 Å². The Morgan fingerprint density at radius 1 is 1.28 bits per heavy atom. The van der Waals surface area contributed by atoms with Crippen LogP contribution in [0.1, 0.15) is 45.2 Å². The van der Waals surface area contributed by atoms with Crippen molar-refractivity contribution in [3.63, 3.8) is 0 Å². The molecule has 29 heavy (non-hydrogen) atoms. The molecule has 6 nitrogen and oxygen atoms in total. The summed E-state index contributed by atoms with van der Waals surface area (Å²) in [5.41, 5.74) is 2.29. The molecule has 0 bridgehead atoms. The van der Waals surface area contributed by atoms with Crippen LogP contribution in [0.3, 0.4) is 0 Å². The third kappa shape index (κ3) is 3.51. The number of rotatable bonds is 1. The molecule has 2 aliphatic rings. The first kappa shape index (κ1) is 19.9. The molecular formula is C21H20Cl2N4O2. The molecule has 1 aliphatic heterocycles. The van der Waals surface area contributed by atoms with E-state index in [4.69, 9.17) is 23.2 Å². The molecule has 0 saturated carbocycles. The van der Waals surface area contributed by atoms with E-state index in [0.29, 0.717) is 45.5 Å². The van der Waals surface area contributed by atoms with Crippen LogP contribution in [-0.2, 0) is 9.59 Å². The van der Waals surface area contributed by atoms with Gasteiger partial charge in [-0.3, -0.25) is 14.5 Å². The molecule has 2 aromatic rings. The van der Waals surface area contributed by atoms with E-state index in [1.807, 2.05) is 0 Å². The number of nitrogens with zero attached hydrogens (tertiary/aromatic N) is 3. The van der Waals surface area contributed by atoms with E-state index in [0.717, 1.165) is 5.70 Å². The predicted molar refractivity (Wildman–Crippen MR) is 113 cm³/mol. The highest BCUT2D eigenvalue weighted by Crippen LogP contribution is 2.48. The number of anilines is 2. The summed E-state index contributed by atoms with van der Waals surface area (Å²) < 4.78 is 0. The zero-order chi connectivity index (χ0) is 20.9. The summed E-state index contributed by atoms with van der Waals surface area (Å²) in [5.74, 6) is 0.129. The SMILES string of the molecule is CC(=O)N1c2ncncc2NC2=C(C(=O)CC(C)(C)C2)C1c1ccc(Cl)cc1Cl. The lowest BCUT2D eigenvalue weighted by Crippen LogP contribution is -2.39.